The van der Waals surface area contributed by atoms with Crippen molar-refractivity contribution >= 4 is 11.9 Å². The van der Waals surface area contributed by atoms with Gasteiger partial charge in [0.15, 0.2) is 5.96 Å². The number of nitrogens with two attached hydrogens (primary N) is 1. The first-order chi connectivity index (χ1) is 6.63. The molecule has 0 spiro atoms. The molecule has 0 aliphatic carbocycles. The number of guanidine groups is 1. The van der Waals surface area contributed by atoms with E-state index in [-0.39, 0.29) is 11.9 Å². The zero-order chi connectivity index (χ0) is 10.6. The molecule has 0 aromatic carbocycles. The molecule has 0 aromatic heterocycles. The van der Waals surface area contributed by atoms with E-state index in [1.54, 1.807) is 7.05 Å². The van der Waals surface area contributed by atoms with Crippen LogP contribution in [0.25, 0.3) is 0 Å². The molecule has 0 saturated carbocycles. The summed E-state index contributed by atoms with van der Waals surface area (Å²) in [4.78, 5) is 13.0. The molecule has 0 radical (unpaired) electrons. The van der Waals surface area contributed by atoms with E-state index in [4.69, 9.17) is 11.1 Å². The molecule has 1 fully saturated rings. The molecule has 1 atom stereocenters. The molecule has 80 valence electrons. The summed E-state index contributed by atoms with van der Waals surface area (Å²) in [5.41, 5.74) is 5.40. The van der Waals surface area contributed by atoms with Crippen molar-refractivity contribution in [1.29, 1.82) is 5.41 Å². The second-order valence-corrected chi connectivity index (χ2v) is 3.72. The van der Waals surface area contributed by atoms with Gasteiger partial charge >= 0.3 is 0 Å². The largest absolute Gasteiger partial charge is 0.370 e. The Morgan fingerprint density at radius 1 is 1.71 bits per heavy atom. The fraction of sp³-hybridized carbons (Fsp3) is 0.778. The van der Waals surface area contributed by atoms with Gasteiger partial charge in [-0.2, -0.15) is 0 Å². The number of carbonyl (C=O) groups excluding carboxylic acids is 1. The topological polar surface area (TPSA) is 82.2 Å². The molecule has 1 amide bonds. The molecule has 0 unspecified atom stereocenters. The third-order valence-corrected chi connectivity index (χ3v) is 2.61. The highest BCUT2D eigenvalue weighted by Crippen LogP contribution is 2.18. The van der Waals surface area contributed by atoms with Crippen LogP contribution in [0.2, 0.25) is 0 Å². The molecule has 1 aliphatic heterocycles. The van der Waals surface area contributed by atoms with Crippen molar-refractivity contribution in [1.82, 2.24) is 10.2 Å². The average Bonchev–Trinajstić information content (AvgIpc) is 2.18. The molecule has 4 N–H and O–H groups in total. The van der Waals surface area contributed by atoms with Crippen molar-refractivity contribution in [2.45, 2.75) is 19.3 Å². The van der Waals surface area contributed by atoms with E-state index in [2.05, 4.69) is 5.32 Å². The van der Waals surface area contributed by atoms with E-state index < -0.39 is 0 Å². The molecular formula is C9H18N4O. The molecule has 0 bridgehead atoms. The zero-order valence-electron chi connectivity index (χ0n) is 8.55. The summed E-state index contributed by atoms with van der Waals surface area (Å²) < 4.78 is 0. The molecule has 1 rings (SSSR count). The monoisotopic (exact) mass is 198 g/mol. The fourth-order valence-electron chi connectivity index (χ4n) is 1.81. The van der Waals surface area contributed by atoms with Crippen LogP contribution in [-0.2, 0) is 4.79 Å². The third-order valence-electron chi connectivity index (χ3n) is 2.61. The number of carbonyl (C=O) groups is 1. The zero-order valence-corrected chi connectivity index (χ0v) is 8.55. The summed E-state index contributed by atoms with van der Waals surface area (Å²) in [6, 6.07) is 0. The van der Waals surface area contributed by atoms with E-state index in [1.165, 1.54) is 0 Å². The number of nitrogens with one attached hydrogen (secondary N) is 2. The Morgan fingerprint density at radius 2 is 2.43 bits per heavy atom. The number of rotatable bonds is 2. The van der Waals surface area contributed by atoms with Crippen LogP contribution in [0.1, 0.15) is 19.3 Å². The van der Waals surface area contributed by atoms with Gasteiger partial charge in [0.05, 0.1) is 0 Å². The van der Waals surface area contributed by atoms with Gasteiger partial charge < -0.3 is 16.0 Å². The van der Waals surface area contributed by atoms with Crippen LogP contribution in [0.4, 0.5) is 0 Å². The maximum atomic E-state index is 11.1. The average molecular weight is 198 g/mol. The van der Waals surface area contributed by atoms with Gasteiger partial charge in [-0.25, -0.2) is 0 Å². The summed E-state index contributed by atoms with van der Waals surface area (Å²) in [5.74, 6) is 0.527. The molecule has 5 heteroatoms. The molecule has 5 nitrogen and oxygen atoms in total. The number of nitrogens with zero attached hydrogens (tertiary/aromatic N) is 1. The van der Waals surface area contributed by atoms with Crippen LogP contribution in [0.3, 0.4) is 0 Å². The van der Waals surface area contributed by atoms with Crippen molar-refractivity contribution in [3.05, 3.63) is 0 Å². The summed E-state index contributed by atoms with van der Waals surface area (Å²) in [6.45, 7) is 1.59. The van der Waals surface area contributed by atoms with Crippen LogP contribution in [0.15, 0.2) is 0 Å². The summed E-state index contributed by atoms with van der Waals surface area (Å²) in [5, 5.41) is 9.92. The van der Waals surface area contributed by atoms with Crippen molar-refractivity contribution < 1.29 is 4.79 Å². The fourth-order valence-corrected chi connectivity index (χ4v) is 1.81. The van der Waals surface area contributed by atoms with Gasteiger partial charge in [-0.1, -0.05) is 0 Å². The lowest BCUT2D eigenvalue weighted by Crippen LogP contribution is -2.44. The number of hydrogen-bond donors (Lipinski definition) is 3. The predicted octanol–water partition coefficient (Wildman–Crippen LogP) is -0.272. The predicted molar refractivity (Wildman–Crippen MR) is 54.9 cm³/mol. The summed E-state index contributed by atoms with van der Waals surface area (Å²) in [6.07, 6.45) is 2.61. The van der Waals surface area contributed by atoms with Crippen molar-refractivity contribution in [2.24, 2.45) is 11.7 Å². The van der Waals surface area contributed by atoms with Gasteiger partial charge in [0, 0.05) is 26.6 Å². The van der Waals surface area contributed by atoms with E-state index in [0.29, 0.717) is 12.3 Å². The normalized spacial score (nSPS) is 21.8. The standard InChI is InChI=1S/C9H18N4O/c1-12-8(14)5-7-3-2-4-13(6-7)9(10)11/h7H,2-6H2,1H3,(H3,10,11)(H,12,14)/t7-/m1/s1. The van der Waals surface area contributed by atoms with Gasteiger partial charge in [0.2, 0.25) is 5.91 Å². The van der Waals surface area contributed by atoms with Gasteiger partial charge in [-0.3, -0.25) is 10.2 Å². The number of hydrogen-bond acceptors (Lipinski definition) is 2. The van der Waals surface area contributed by atoms with Crippen molar-refractivity contribution in [3.63, 3.8) is 0 Å². The Labute approximate surface area is 84.1 Å². The smallest absolute Gasteiger partial charge is 0.220 e. The highest BCUT2D eigenvalue weighted by Gasteiger charge is 2.22. The van der Waals surface area contributed by atoms with Crippen LogP contribution in [-0.4, -0.2) is 36.9 Å². The minimum atomic E-state index is 0.0698. The second-order valence-electron chi connectivity index (χ2n) is 3.72. The molecule has 0 aromatic rings. The molecule has 1 heterocycles. The Hall–Kier alpha value is -1.26. The lowest BCUT2D eigenvalue weighted by atomic mass is 9.95. The first kappa shape index (κ1) is 10.8. The van der Waals surface area contributed by atoms with E-state index in [0.717, 1.165) is 25.9 Å². The van der Waals surface area contributed by atoms with Crippen LogP contribution >= 0.6 is 0 Å². The van der Waals surface area contributed by atoms with Crippen LogP contribution < -0.4 is 11.1 Å². The maximum absolute atomic E-state index is 11.1. The van der Waals surface area contributed by atoms with Crippen molar-refractivity contribution in [2.75, 3.05) is 20.1 Å². The quantitative estimate of drug-likeness (QED) is 0.422. The SMILES string of the molecule is CNC(=O)C[C@H]1CCCN(C(=N)N)C1. The number of likely N-dealkylation sites (tertiary alicyclic amines) is 1. The number of amides is 1. The Bertz CT molecular complexity index is 229. The van der Waals surface area contributed by atoms with Gasteiger partial charge in [0.25, 0.3) is 0 Å². The van der Waals surface area contributed by atoms with E-state index in [1.807, 2.05) is 4.90 Å². The van der Waals surface area contributed by atoms with E-state index in [9.17, 15) is 4.79 Å². The first-order valence-electron chi connectivity index (χ1n) is 4.93. The molecule has 1 aliphatic rings. The highest BCUT2D eigenvalue weighted by molar-refractivity contribution is 5.76. The Kier molecular flexibility index (Phi) is 3.73. The maximum Gasteiger partial charge on any atom is 0.220 e. The van der Waals surface area contributed by atoms with Gasteiger partial charge in [-0.15, -0.1) is 0 Å². The molecule has 14 heavy (non-hydrogen) atoms. The Morgan fingerprint density at radius 3 is 3.00 bits per heavy atom. The Balaban J connectivity index is 2.40. The lowest BCUT2D eigenvalue weighted by Gasteiger charge is -2.32. The summed E-state index contributed by atoms with van der Waals surface area (Å²) in [7, 11) is 1.65. The van der Waals surface area contributed by atoms with Gasteiger partial charge in [0.1, 0.15) is 0 Å². The molecular weight excluding hydrogens is 180 g/mol. The molecule has 1 saturated heterocycles. The third kappa shape index (κ3) is 2.90. The number of piperidine rings is 1. The van der Waals surface area contributed by atoms with Gasteiger partial charge in [-0.05, 0) is 18.8 Å². The summed E-state index contributed by atoms with van der Waals surface area (Å²) >= 11 is 0. The minimum absolute atomic E-state index is 0.0698. The minimum Gasteiger partial charge on any atom is -0.370 e. The van der Waals surface area contributed by atoms with Crippen LogP contribution in [0.5, 0.6) is 0 Å². The first-order valence-corrected chi connectivity index (χ1v) is 4.93. The lowest BCUT2D eigenvalue weighted by molar-refractivity contribution is -0.121. The van der Waals surface area contributed by atoms with Crippen LogP contribution in [0, 0.1) is 11.3 Å². The highest BCUT2D eigenvalue weighted by atomic mass is 16.1. The van der Waals surface area contributed by atoms with E-state index >= 15 is 0 Å². The second kappa shape index (κ2) is 4.83. The van der Waals surface area contributed by atoms with Crippen molar-refractivity contribution in [3.8, 4) is 0 Å².